The lowest BCUT2D eigenvalue weighted by atomic mass is 10.1. The number of carbonyl (C=O) groups excluding carboxylic acids is 1. The lowest BCUT2D eigenvalue weighted by Crippen LogP contribution is -2.36. The van der Waals surface area contributed by atoms with E-state index in [1.54, 1.807) is 32.3 Å². The van der Waals surface area contributed by atoms with Gasteiger partial charge in [0.2, 0.25) is 0 Å². The van der Waals surface area contributed by atoms with Gasteiger partial charge in [0, 0.05) is 24.1 Å². The first-order valence-electron chi connectivity index (χ1n) is 7.58. The number of hydrogen-bond donors (Lipinski definition) is 2. The summed E-state index contributed by atoms with van der Waals surface area (Å²) in [7, 11) is 0. The maximum atomic E-state index is 12.7. The fourth-order valence-electron chi connectivity index (χ4n) is 2.52. The van der Waals surface area contributed by atoms with E-state index in [2.05, 4.69) is 21.8 Å². The fourth-order valence-corrected chi connectivity index (χ4v) is 2.52. The maximum Gasteiger partial charge on any atom is 0.254 e. The molecule has 2 heterocycles. The van der Waals surface area contributed by atoms with Gasteiger partial charge in [-0.3, -0.25) is 4.79 Å². The Morgan fingerprint density at radius 2 is 2.26 bits per heavy atom. The number of carbonyl (C=O) groups is 1. The summed E-state index contributed by atoms with van der Waals surface area (Å²) in [4.78, 5) is 21.8. The zero-order valence-electron chi connectivity index (χ0n) is 13.3. The van der Waals surface area contributed by atoms with E-state index in [-0.39, 0.29) is 5.91 Å². The molecule has 1 aliphatic rings. The highest BCUT2D eigenvalue weighted by molar-refractivity contribution is 5.94. The van der Waals surface area contributed by atoms with E-state index in [4.69, 9.17) is 0 Å². The third-order valence-electron chi connectivity index (χ3n) is 3.68. The summed E-state index contributed by atoms with van der Waals surface area (Å²) < 4.78 is 0. The van der Waals surface area contributed by atoms with Gasteiger partial charge in [-0.05, 0) is 32.0 Å². The minimum absolute atomic E-state index is 0.0165. The number of aliphatic hydroxyl groups is 1. The van der Waals surface area contributed by atoms with Crippen molar-refractivity contribution in [3.05, 3.63) is 53.1 Å². The van der Waals surface area contributed by atoms with Crippen LogP contribution in [0.4, 0.5) is 0 Å². The van der Waals surface area contributed by atoms with E-state index in [1.165, 1.54) is 0 Å². The number of benzene rings is 1. The molecular weight excluding hydrogens is 290 g/mol. The zero-order valence-corrected chi connectivity index (χ0v) is 13.3. The standard InChI is InChI=1S/C18H19N3O2/c1-18(2,23)8-6-13-4-3-5-14(10-13)17(22)21-9-7-15-16(11-21)20-12-19-15/h3-5,10,12,23H,7,9,11H2,1-2H3,(H,19,20). The average molecular weight is 309 g/mol. The summed E-state index contributed by atoms with van der Waals surface area (Å²) >= 11 is 0. The number of amides is 1. The summed E-state index contributed by atoms with van der Waals surface area (Å²) in [6.07, 6.45) is 2.44. The fraction of sp³-hybridized carbons (Fsp3) is 0.333. The molecule has 118 valence electrons. The zero-order chi connectivity index (χ0) is 16.4. The van der Waals surface area contributed by atoms with Gasteiger partial charge in [-0.25, -0.2) is 4.98 Å². The smallest absolute Gasteiger partial charge is 0.254 e. The molecule has 0 aliphatic carbocycles. The number of aromatic amines is 1. The van der Waals surface area contributed by atoms with Crippen LogP contribution in [0, 0.1) is 11.8 Å². The molecule has 2 N–H and O–H groups in total. The number of nitrogens with zero attached hydrogens (tertiary/aromatic N) is 2. The highest BCUT2D eigenvalue weighted by Gasteiger charge is 2.23. The Balaban J connectivity index is 1.79. The molecule has 1 aromatic heterocycles. The van der Waals surface area contributed by atoms with Gasteiger partial charge in [0.15, 0.2) is 0 Å². The first-order valence-corrected chi connectivity index (χ1v) is 7.58. The largest absolute Gasteiger partial charge is 0.378 e. The average Bonchev–Trinajstić information content (AvgIpc) is 2.99. The third-order valence-corrected chi connectivity index (χ3v) is 3.68. The number of rotatable bonds is 1. The maximum absolute atomic E-state index is 12.7. The van der Waals surface area contributed by atoms with Gasteiger partial charge in [-0.15, -0.1) is 0 Å². The molecule has 5 nitrogen and oxygen atoms in total. The van der Waals surface area contributed by atoms with Crippen molar-refractivity contribution in [3.63, 3.8) is 0 Å². The minimum atomic E-state index is -1.05. The van der Waals surface area contributed by atoms with Crippen molar-refractivity contribution >= 4 is 5.91 Å². The highest BCUT2D eigenvalue weighted by atomic mass is 16.3. The van der Waals surface area contributed by atoms with Crippen molar-refractivity contribution in [2.75, 3.05) is 6.54 Å². The molecule has 0 saturated heterocycles. The van der Waals surface area contributed by atoms with E-state index in [0.717, 1.165) is 23.4 Å². The van der Waals surface area contributed by atoms with Crippen molar-refractivity contribution in [2.45, 2.75) is 32.4 Å². The van der Waals surface area contributed by atoms with Crippen molar-refractivity contribution in [1.29, 1.82) is 0 Å². The summed E-state index contributed by atoms with van der Waals surface area (Å²) in [5.74, 6) is 5.65. The molecule has 23 heavy (non-hydrogen) atoms. The predicted octanol–water partition coefficient (Wildman–Crippen LogP) is 1.73. The molecule has 2 aromatic rings. The minimum Gasteiger partial charge on any atom is -0.378 e. The number of H-pyrrole nitrogens is 1. The summed E-state index contributed by atoms with van der Waals surface area (Å²) in [5.41, 5.74) is 2.32. The number of aromatic nitrogens is 2. The molecule has 0 spiro atoms. The molecule has 0 atom stereocenters. The number of nitrogens with one attached hydrogen (secondary N) is 1. The van der Waals surface area contributed by atoms with Gasteiger partial charge in [0.25, 0.3) is 5.91 Å². The van der Waals surface area contributed by atoms with Crippen LogP contribution in [0.15, 0.2) is 30.6 Å². The number of fused-ring (bicyclic) bond motifs is 1. The van der Waals surface area contributed by atoms with Crippen molar-refractivity contribution in [1.82, 2.24) is 14.9 Å². The predicted molar refractivity (Wildman–Crippen MR) is 86.7 cm³/mol. The molecule has 3 rings (SSSR count). The lowest BCUT2D eigenvalue weighted by molar-refractivity contribution is 0.0732. The molecule has 0 radical (unpaired) electrons. The van der Waals surface area contributed by atoms with Crippen LogP contribution in [0.25, 0.3) is 0 Å². The van der Waals surface area contributed by atoms with E-state index in [9.17, 15) is 9.90 Å². The topological polar surface area (TPSA) is 69.2 Å². The van der Waals surface area contributed by atoms with Gasteiger partial charge < -0.3 is 15.0 Å². The second-order valence-electron chi connectivity index (χ2n) is 6.19. The molecule has 0 unspecified atom stereocenters. The molecular formula is C18H19N3O2. The van der Waals surface area contributed by atoms with Crippen LogP contribution in [-0.4, -0.2) is 38.0 Å². The monoisotopic (exact) mass is 309 g/mol. The van der Waals surface area contributed by atoms with Gasteiger partial charge in [0.1, 0.15) is 5.60 Å². The number of imidazole rings is 1. The van der Waals surface area contributed by atoms with E-state index in [0.29, 0.717) is 18.7 Å². The second kappa shape index (κ2) is 5.90. The Morgan fingerprint density at radius 1 is 1.43 bits per heavy atom. The summed E-state index contributed by atoms with van der Waals surface area (Å²) in [6, 6.07) is 7.20. The van der Waals surface area contributed by atoms with Crippen LogP contribution in [0.2, 0.25) is 0 Å². The molecule has 1 aliphatic heterocycles. The highest BCUT2D eigenvalue weighted by Crippen LogP contribution is 2.18. The molecule has 1 aromatic carbocycles. The molecule has 0 bridgehead atoms. The van der Waals surface area contributed by atoms with E-state index in [1.807, 2.05) is 17.0 Å². The third kappa shape index (κ3) is 3.61. The Hall–Kier alpha value is -2.58. The SMILES string of the molecule is CC(C)(O)C#Cc1cccc(C(=O)N2CCc3nc[nH]c3C2)c1. The van der Waals surface area contributed by atoms with Crippen LogP contribution in [0.3, 0.4) is 0 Å². The van der Waals surface area contributed by atoms with Crippen molar-refractivity contribution < 1.29 is 9.90 Å². The van der Waals surface area contributed by atoms with Crippen molar-refractivity contribution in [2.24, 2.45) is 0 Å². The lowest BCUT2D eigenvalue weighted by Gasteiger charge is -2.26. The Kier molecular flexibility index (Phi) is 3.93. The molecule has 0 fully saturated rings. The van der Waals surface area contributed by atoms with Gasteiger partial charge in [-0.1, -0.05) is 17.9 Å². The van der Waals surface area contributed by atoms with Crippen LogP contribution in [0.1, 0.15) is 41.2 Å². The quantitative estimate of drug-likeness (QED) is 0.788. The summed E-state index contributed by atoms with van der Waals surface area (Å²) in [6.45, 7) is 4.47. The normalized spacial score (nSPS) is 14.0. The van der Waals surface area contributed by atoms with Crippen LogP contribution < -0.4 is 0 Å². The first-order chi connectivity index (χ1) is 10.9. The van der Waals surface area contributed by atoms with Crippen LogP contribution in [0.5, 0.6) is 0 Å². The van der Waals surface area contributed by atoms with Gasteiger partial charge in [-0.2, -0.15) is 0 Å². The van der Waals surface area contributed by atoms with E-state index >= 15 is 0 Å². The van der Waals surface area contributed by atoms with Crippen LogP contribution >= 0.6 is 0 Å². The second-order valence-corrected chi connectivity index (χ2v) is 6.19. The van der Waals surface area contributed by atoms with Gasteiger partial charge >= 0.3 is 0 Å². The Labute approximate surface area is 135 Å². The van der Waals surface area contributed by atoms with E-state index < -0.39 is 5.60 Å². The summed E-state index contributed by atoms with van der Waals surface area (Å²) in [5, 5.41) is 9.68. The van der Waals surface area contributed by atoms with Gasteiger partial charge in [0.05, 0.1) is 24.3 Å². The van der Waals surface area contributed by atoms with Crippen LogP contribution in [-0.2, 0) is 13.0 Å². The molecule has 0 saturated carbocycles. The Morgan fingerprint density at radius 3 is 3.04 bits per heavy atom. The Bertz CT molecular complexity index is 790. The first kappa shape index (κ1) is 15.3. The molecule has 1 amide bonds. The number of hydrogen-bond acceptors (Lipinski definition) is 3. The van der Waals surface area contributed by atoms with Crippen molar-refractivity contribution in [3.8, 4) is 11.8 Å². The molecule has 5 heteroatoms.